The third kappa shape index (κ3) is 9.75. The monoisotopic (exact) mass is 593 g/mol. The van der Waals surface area contributed by atoms with Gasteiger partial charge in [0, 0.05) is 50.2 Å². The van der Waals surface area contributed by atoms with Crippen LogP contribution in [-0.4, -0.2) is 74.4 Å². The lowest BCUT2D eigenvalue weighted by Crippen LogP contribution is -2.46. The van der Waals surface area contributed by atoms with Crippen LogP contribution < -0.4 is 4.90 Å². The van der Waals surface area contributed by atoms with E-state index >= 15 is 0 Å². The second kappa shape index (κ2) is 14.0. The van der Waals surface area contributed by atoms with Crippen molar-refractivity contribution in [2.24, 2.45) is 0 Å². The fourth-order valence-electron chi connectivity index (χ4n) is 3.47. The minimum Gasteiger partial charge on any atom is -0.478 e. The first-order valence-electron chi connectivity index (χ1n) is 11.5. The number of carbonyl (C=O) groups is 2. The summed E-state index contributed by atoms with van der Waals surface area (Å²) >= 11 is 3.87. The van der Waals surface area contributed by atoms with Crippen molar-refractivity contribution in [2.45, 2.75) is 24.4 Å². The Kier molecular flexibility index (Phi) is 11.4. The Morgan fingerprint density at radius 3 is 2.02 bits per heavy atom. The van der Waals surface area contributed by atoms with Crippen LogP contribution in [0.4, 0.5) is 32.0 Å². The lowest BCUT2D eigenvalue weighted by molar-refractivity contribution is -0.138. The lowest BCUT2D eigenvalue weighted by Gasteiger charge is -2.35. The van der Waals surface area contributed by atoms with Gasteiger partial charge in [-0.2, -0.15) is 26.3 Å². The van der Waals surface area contributed by atoms with E-state index in [4.69, 9.17) is 10.2 Å². The van der Waals surface area contributed by atoms with Crippen LogP contribution in [0, 0.1) is 0 Å². The van der Waals surface area contributed by atoms with Gasteiger partial charge in [0.2, 0.25) is 0 Å². The standard InChI is InChI=1S/C13H17F3N2.C7H4F3N3S.C4H4O4/c1-2-17-6-8-18(9-7-17)12-5-3-4-11(10-12)13(14,15)16;8-7(9,10)4-2-1-3-13-5(4)11-12-6(13)14;5-3(6)1-2-4(7)8/h3-5,10H,2,6-9H2,1H3;1-3H,(H,12,14);1-2H,(H,5,6)(H,7,8). The van der Waals surface area contributed by atoms with Gasteiger partial charge in [-0.15, -0.1) is 22.8 Å². The molecule has 1 aromatic carbocycles. The molecule has 0 spiro atoms. The van der Waals surface area contributed by atoms with Crippen molar-refractivity contribution in [2.75, 3.05) is 37.6 Å². The molecule has 0 atom stereocenters. The van der Waals surface area contributed by atoms with Crippen molar-refractivity contribution in [3.05, 3.63) is 65.9 Å². The molecular weight excluding hydrogens is 568 g/mol. The van der Waals surface area contributed by atoms with E-state index in [-0.39, 0.29) is 10.8 Å². The van der Waals surface area contributed by atoms with Gasteiger partial charge in [-0.3, -0.25) is 4.40 Å². The van der Waals surface area contributed by atoms with Gasteiger partial charge < -0.3 is 20.0 Å². The number of aliphatic carboxylic acids is 2. The van der Waals surface area contributed by atoms with Gasteiger partial charge in [-0.1, -0.05) is 13.0 Å². The molecule has 1 aliphatic rings. The molecule has 2 N–H and O–H groups in total. The molecule has 4 rings (SSSR count). The fraction of sp³-hybridized carbons (Fsp3) is 0.333. The molecule has 0 aliphatic carbocycles. The van der Waals surface area contributed by atoms with Gasteiger partial charge in [-0.25, -0.2) is 9.59 Å². The molecule has 0 amide bonds. The van der Waals surface area contributed by atoms with Crippen LogP contribution in [0.3, 0.4) is 0 Å². The summed E-state index contributed by atoms with van der Waals surface area (Å²) in [7, 11) is 0. The maximum atomic E-state index is 12.6. The molecule has 0 radical (unpaired) electrons. The number of thiol groups is 1. The van der Waals surface area contributed by atoms with Gasteiger partial charge in [-0.05, 0) is 36.9 Å². The zero-order chi connectivity index (χ0) is 30.1. The Bertz CT molecular complexity index is 1310. The number of rotatable bonds is 4. The number of nitrogens with zero attached hydrogens (tertiary/aromatic N) is 5. The van der Waals surface area contributed by atoms with Crippen LogP contribution in [-0.2, 0) is 21.9 Å². The molecule has 0 saturated carbocycles. The number of carboxylic acids is 2. The second-order valence-electron chi connectivity index (χ2n) is 8.09. The number of benzene rings is 1. The molecule has 1 fully saturated rings. The van der Waals surface area contributed by atoms with Crippen molar-refractivity contribution in [3.63, 3.8) is 0 Å². The molecule has 16 heteroatoms. The molecule has 0 unspecified atom stereocenters. The molecule has 218 valence electrons. The highest BCUT2D eigenvalue weighted by atomic mass is 32.1. The van der Waals surface area contributed by atoms with Crippen LogP contribution in [0.1, 0.15) is 18.1 Å². The highest BCUT2D eigenvalue weighted by molar-refractivity contribution is 7.80. The third-order valence-corrected chi connectivity index (χ3v) is 5.75. The normalized spacial score (nSPS) is 14.3. The maximum Gasteiger partial charge on any atom is 0.420 e. The van der Waals surface area contributed by atoms with E-state index in [0.717, 1.165) is 44.9 Å². The van der Waals surface area contributed by atoms with E-state index < -0.39 is 35.4 Å². The van der Waals surface area contributed by atoms with Crippen LogP contribution in [0.5, 0.6) is 0 Å². The first-order chi connectivity index (χ1) is 18.6. The Morgan fingerprint density at radius 2 is 1.52 bits per heavy atom. The van der Waals surface area contributed by atoms with Crippen molar-refractivity contribution in [1.29, 1.82) is 0 Å². The van der Waals surface area contributed by atoms with E-state index in [9.17, 15) is 35.9 Å². The zero-order valence-electron chi connectivity index (χ0n) is 20.9. The summed E-state index contributed by atoms with van der Waals surface area (Å²) in [6.07, 6.45) is -6.14. The summed E-state index contributed by atoms with van der Waals surface area (Å²) in [6.45, 7) is 6.49. The second-order valence-corrected chi connectivity index (χ2v) is 8.49. The van der Waals surface area contributed by atoms with Gasteiger partial charge in [0.25, 0.3) is 0 Å². The number of carboxylic acid groups (broad SMARTS) is 2. The van der Waals surface area contributed by atoms with Crippen LogP contribution in [0.15, 0.2) is 59.9 Å². The number of alkyl halides is 6. The Hall–Kier alpha value is -3.79. The molecule has 1 aliphatic heterocycles. The largest absolute Gasteiger partial charge is 0.478 e. The van der Waals surface area contributed by atoms with E-state index in [1.807, 2.05) is 4.90 Å². The smallest absolute Gasteiger partial charge is 0.420 e. The summed E-state index contributed by atoms with van der Waals surface area (Å²) in [4.78, 5) is 23.4. The summed E-state index contributed by atoms with van der Waals surface area (Å²) in [5, 5.41) is 22.6. The van der Waals surface area contributed by atoms with Gasteiger partial charge in [0.05, 0.1) is 5.56 Å². The van der Waals surface area contributed by atoms with Gasteiger partial charge in [0.1, 0.15) is 5.56 Å². The summed E-state index contributed by atoms with van der Waals surface area (Å²) in [5.41, 5.74) is -0.948. The molecule has 9 nitrogen and oxygen atoms in total. The van der Waals surface area contributed by atoms with Gasteiger partial charge in [0.15, 0.2) is 10.8 Å². The highest BCUT2D eigenvalue weighted by Gasteiger charge is 2.34. The predicted molar refractivity (Wildman–Crippen MR) is 135 cm³/mol. The van der Waals surface area contributed by atoms with Crippen LogP contribution in [0.2, 0.25) is 0 Å². The van der Waals surface area contributed by atoms with E-state index in [2.05, 4.69) is 34.6 Å². The van der Waals surface area contributed by atoms with E-state index in [1.54, 1.807) is 6.07 Å². The minimum atomic E-state index is -4.42. The van der Waals surface area contributed by atoms with Crippen molar-refractivity contribution >= 4 is 35.9 Å². The first kappa shape index (κ1) is 32.4. The number of pyridine rings is 1. The summed E-state index contributed by atoms with van der Waals surface area (Å²) < 4.78 is 76.3. The van der Waals surface area contributed by atoms with Crippen LogP contribution >= 0.6 is 12.6 Å². The van der Waals surface area contributed by atoms with Gasteiger partial charge >= 0.3 is 24.3 Å². The zero-order valence-corrected chi connectivity index (χ0v) is 21.8. The molecule has 3 aromatic rings. The lowest BCUT2D eigenvalue weighted by atomic mass is 10.1. The number of anilines is 1. The Labute approximate surface area is 229 Å². The molecular formula is C24H25F6N5O4S. The molecule has 3 heterocycles. The van der Waals surface area contributed by atoms with E-state index in [0.29, 0.717) is 17.8 Å². The molecule has 0 bridgehead atoms. The van der Waals surface area contributed by atoms with Crippen molar-refractivity contribution in [3.8, 4) is 0 Å². The number of hydrogen-bond donors (Lipinski definition) is 3. The Morgan fingerprint density at radius 1 is 0.925 bits per heavy atom. The number of piperazine rings is 1. The highest BCUT2D eigenvalue weighted by Crippen LogP contribution is 2.32. The Balaban J connectivity index is 0.000000227. The minimum absolute atomic E-state index is 0.131. The predicted octanol–water partition coefficient (Wildman–Crippen LogP) is 4.60. The summed E-state index contributed by atoms with van der Waals surface area (Å²) in [5.74, 6) is -2.51. The maximum absolute atomic E-state index is 12.6. The quantitative estimate of drug-likeness (QED) is 0.229. The van der Waals surface area contributed by atoms with Crippen LogP contribution in [0.25, 0.3) is 5.65 Å². The topological polar surface area (TPSA) is 111 Å². The summed E-state index contributed by atoms with van der Waals surface area (Å²) in [6, 6.07) is 7.81. The number of hydrogen-bond acceptors (Lipinski definition) is 7. The van der Waals surface area contributed by atoms with Crippen molar-refractivity contribution in [1.82, 2.24) is 19.5 Å². The fourth-order valence-corrected chi connectivity index (χ4v) is 3.68. The number of fused-ring (bicyclic) bond motifs is 1. The number of halogens is 6. The molecule has 1 saturated heterocycles. The van der Waals surface area contributed by atoms with E-state index in [1.165, 1.54) is 28.8 Å². The molecule has 2 aromatic heterocycles. The molecule has 40 heavy (non-hydrogen) atoms. The van der Waals surface area contributed by atoms with Crippen molar-refractivity contribution < 1.29 is 46.1 Å². The SMILES string of the molecule is CCN1CCN(c2cccc(C(F)(F)F)c2)CC1.FC(F)(F)c1cccn2c(S)nnc12.O=C(O)C=CC(=O)O. The average Bonchev–Trinajstić information content (AvgIpc) is 3.28. The first-order valence-corrected chi connectivity index (χ1v) is 12.0. The number of likely N-dealkylation sites (N-methyl/N-ethyl adjacent to an activating group) is 1. The average molecular weight is 594 g/mol. The number of aromatic nitrogens is 3. The third-order valence-electron chi connectivity index (χ3n) is 5.45.